The summed E-state index contributed by atoms with van der Waals surface area (Å²) in [5.74, 6) is 1.67. The smallest absolute Gasteiger partial charge is 0.237 e. The summed E-state index contributed by atoms with van der Waals surface area (Å²) in [7, 11) is 1.94. The number of rotatable bonds is 10. The van der Waals surface area contributed by atoms with E-state index in [1.807, 2.05) is 13.1 Å². The van der Waals surface area contributed by atoms with E-state index in [1.165, 1.54) is 56.9 Å². The molecule has 1 unspecified atom stereocenters. The zero-order valence-electron chi connectivity index (χ0n) is 20.1. The molecule has 2 N–H and O–H groups in total. The molecule has 0 radical (unpaired) electrons. The Morgan fingerprint density at radius 3 is 2.34 bits per heavy atom. The first-order chi connectivity index (χ1) is 15.7. The molecule has 0 aromatic heterocycles. The van der Waals surface area contributed by atoms with Gasteiger partial charge in [0, 0.05) is 6.54 Å². The Morgan fingerprint density at radius 2 is 1.72 bits per heavy atom. The summed E-state index contributed by atoms with van der Waals surface area (Å²) in [6.45, 7) is 1.61. The molecule has 0 aliphatic heterocycles. The standard InChI is InChI=1S/C28H44N2O2/c1-29-26(27(31)30-21-28(17-8-18-28)24-11-6-3-7-12-24)19-22-13-15-25(16-14-22)32-20-23-9-4-2-5-10-23/h2,4-5,9-10,22,24-26,29H,3,6-8,11-21H2,1H3,(H,30,31). The van der Waals surface area contributed by atoms with Crippen molar-refractivity contribution < 1.29 is 9.53 Å². The minimum absolute atomic E-state index is 0.0646. The maximum absolute atomic E-state index is 13.0. The van der Waals surface area contributed by atoms with Gasteiger partial charge in [0.1, 0.15) is 0 Å². The number of likely N-dealkylation sites (N-methyl/N-ethyl adjacent to an activating group) is 1. The normalized spacial score (nSPS) is 26.8. The van der Waals surface area contributed by atoms with E-state index in [9.17, 15) is 4.79 Å². The molecule has 1 amide bonds. The van der Waals surface area contributed by atoms with Crippen LogP contribution in [0.2, 0.25) is 0 Å². The van der Waals surface area contributed by atoms with Crippen molar-refractivity contribution >= 4 is 5.91 Å². The van der Waals surface area contributed by atoms with Gasteiger partial charge in [-0.05, 0) is 87.6 Å². The molecule has 3 fully saturated rings. The largest absolute Gasteiger partial charge is 0.374 e. The average molecular weight is 441 g/mol. The number of hydrogen-bond donors (Lipinski definition) is 2. The molecular weight excluding hydrogens is 396 g/mol. The van der Waals surface area contributed by atoms with Crippen molar-refractivity contribution in [2.45, 2.75) is 102 Å². The van der Waals surface area contributed by atoms with Gasteiger partial charge in [-0.15, -0.1) is 0 Å². The Bertz CT molecular complexity index is 689. The Hall–Kier alpha value is -1.39. The monoisotopic (exact) mass is 440 g/mol. The van der Waals surface area contributed by atoms with Gasteiger partial charge in [-0.2, -0.15) is 0 Å². The Morgan fingerprint density at radius 1 is 1.00 bits per heavy atom. The molecule has 0 saturated heterocycles. The van der Waals surface area contributed by atoms with Crippen molar-refractivity contribution in [1.29, 1.82) is 0 Å². The van der Waals surface area contributed by atoms with E-state index in [0.29, 0.717) is 24.0 Å². The molecule has 4 rings (SSSR count). The fraction of sp³-hybridized carbons (Fsp3) is 0.750. The van der Waals surface area contributed by atoms with E-state index in [-0.39, 0.29) is 11.9 Å². The number of carbonyl (C=O) groups excluding carboxylic acids is 1. The van der Waals surface area contributed by atoms with Gasteiger partial charge < -0.3 is 15.4 Å². The van der Waals surface area contributed by atoms with E-state index >= 15 is 0 Å². The van der Waals surface area contributed by atoms with Crippen molar-refractivity contribution in [2.24, 2.45) is 17.3 Å². The van der Waals surface area contributed by atoms with Gasteiger partial charge in [0.15, 0.2) is 0 Å². The second-order valence-electron chi connectivity index (χ2n) is 10.8. The van der Waals surface area contributed by atoms with Crippen LogP contribution in [0.4, 0.5) is 0 Å². The number of ether oxygens (including phenoxy) is 1. The molecule has 0 heterocycles. The van der Waals surface area contributed by atoms with Crippen LogP contribution in [-0.4, -0.2) is 31.6 Å². The molecule has 1 aromatic rings. The van der Waals surface area contributed by atoms with E-state index < -0.39 is 0 Å². The van der Waals surface area contributed by atoms with Crippen LogP contribution >= 0.6 is 0 Å². The molecule has 0 bridgehead atoms. The average Bonchev–Trinajstić information content (AvgIpc) is 2.82. The summed E-state index contributed by atoms with van der Waals surface area (Å²) < 4.78 is 6.15. The van der Waals surface area contributed by atoms with Gasteiger partial charge in [-0.25, -0.2) is 0 Å². The number of carbonyl (C=O) groups is 1. The van der Waals surface area contributed by atoms with Gasteiger partial charge in [-0.1, -0.05) is 56.0 Å². The van der Waals surface area contributed by atoms with E-state index in [4.69, 9.17) is 4.74 Å². The van der Waals surface area contributed by atoms with Crippen molar-refractivity contribution in [2.75, 3.05) is 13.6 Å². The third-order valence-electron chi connectivity index (χ3n) is 8.79. The highest BCUT2D eigenvalue weighted by atomic mass is 16.5. The molecule has 1 atom stereocenters. The van der Waals surface area contributed by atoms with Gasteiger partial charge in [-0.3, -0.25) is 4.79 Å². The first-order valence-corrected chi connectivity index (χ1v) is 13.3. The minimum Gasteiger partial charge on any atom is -0.374 e. The van der Waals surface area contributed by atoms with Crippen molar-refractivity contribution in [3.8, 4) is 0 Å². The minimum atomic E-state index is -0.0646. The van der Waals surface area contributed by atoms with Crippen LogP contribution in [0.25, 0.3) is 0 Å². The van der Waals surface area contributed by atoms with Crippen LogP contribution in [0, 0.1) is 17.3 Å². The van der Waals surface area contributed by atoms with Gasteiger partial charge in [0.2, 0.25) is 5.91 Å². The zero-order valence-corrected chi connectivity index (χ0v) is 20.1. The number of benzene rings is 1. The van der Waals surface area contributed by atoms with Crippen LogP contribution in [-0.2, 0) is 16.1 Å². The lowest BCUT2D eigenvalue weighted by atomic mass is 9.57. The topological polar surface area (TPSA) is 50.4 Å². The van der Waals surface area contributed by atoms with Crippen molar-refractivity contribution in [3.63, 3.8) is 0 Å². The van der Waals surface area contributed by atoms with E-state index in [1.54, 1.807) is 0 Å². The Balaban J connectivity index is 1.18. The lowest BCUT2D eigenvalue weighted by Gasteiger charge is -2.49. The summed E-state index contributed by atoms with van der Waals surface area (Å²) >= 11 is 0. The van der Waals surface area contributed by atoms with Crippen LogP contribution in [0.15, 0.2) is 30.3 Å². The second-order valence-corrected chi connectivity index (χ2v) is 10.8. The summed E-state index contributed by atoms with van der Waals surface area (Å²) in [6.07, 6.45) is 16.8. The number of hydrogen-bond acceptors (Lipinski definition) is 3. The highest BCUT2D eigenvalue weighted by Crippen LogP contribution is 2.51. The number of nitrogens with one attached hydrogen (secondary N) is 2. The molecule has 4 heteroatoms. The van der Waals surface area contributed by atoms with Gasteiger partial charge in [0.25, 0.3) is 0 Å². The predicted octanol–water partition coefficient (Wildman–Crippen LogP) is 5.61. The molecule has 3 aliphatic carbocycles. The molecule has 32 heavy (non-hydrogen) atoms. The summed E-state index contributed by atoms with van der Waals surface area (Å²) in [5.41, 5.74) is 1.65. The van der Waals surface area contributed by atoms with E-state index in [2.05, 4.69) is 34.9 Å². The highest BCUT2D eigenvalue weighted by molar-refractivity contribution is 5.81. The van der Waals surface area contributed by atoms with Crippen LogP contribution in [0.3, 0.4) is 0 Å². The first-order valence-electron chi connectivity index (χ1n) is 13.3. The summed E-state index contributed by atoms with van der Waals surface area (Å²) in [5, 5.41) is 6.70. The van der Waals surface area contributed by atoms with Gasteiger partial charge >= 0.3 is 0 Å². The van der Waals surface area contributed by atoms with Gasteiger partial charge in [0.05, 0.1) is 18.8 Å². The van der Waals surface area contributed by atoms with Crippen molar-refractivity contribution in [3.05, 3.63) is 35.9 Å². The maximum Gasteiger partial charge on any atom is 0.237 e. The zero-order chi connectivity index (χ0) is 22.2. The third-order valence-corrected chi connectivity index (χ3v) is 8.79. The second kappa shape index (κ2) is 11.7. The summed E-state index contributed by atoms with van der Waals surface area (Å²) in [6, 6.07) is 10.4. The third kappa shape index (κ3) is 6.14. The highest BCUT2D eigenvalue weighted by Gasteiger charge is 2.44. The molecule has 1 aromatic carbocycles. The quantitative estimate of drug-likeness (QED) is 0.497. The molecule has 0 spiro atoms. The fourth-order valence-electron chi connectivity index (χ4n) is 6.47. The van der Waals surface area contributed by atoms with Crippen LogP contribution in [0.1, 0.15) is 89.0 Å². The molecular formula is C28H44N2O2. The molecule has 3 aliphatic rings. The van der Waals surface area contributed by atoms with Crippen molar-refractivity contribution in [1.82, 2.24) is 10.6 Å². The summed E-state index contributed by atoms with van der Waals surface area (Å²) in [4.78, 5) is 13.0. The number of amides is 1. The van der Waals surface area contributed by atoms with E-state index in [0.717, 1.165) is 44.6 Å². The lowest BCUT2D eigenvalue weighted by molar-refractivity contribution is -0.125. The van der Waals surface area contributed by atoms with Crippen LogP contribution in [0.5, 0.6) is 0 Å². The predicted molar refractivity (Wildman–Crippen MR) is 130 cm³/mol. The lowest BCUT2D eigenvalue weighted by Crippen LogP contribution is -2.51. The van der Waals surface area contributed by atoms with Crippen LogP contribution < -0.4 is 10.6 Å². The Kier molecular flexibility index (Phi) is 8.65. The fourth-order valence-corrected chi connectivity index (χ4v) is 6.47. The Labute approximate surface area is 195 Å². The maximum atomic E-state index is 13.0. The SMILES string of the molecule is CNC(CC1CCC(OCc2ccccc2)CC1)C(=O)NCC1(C2CCCCC2)CCC1. The molecule has 178 valence electrons. The first kappa shape index (κ1) is 23.8. The molecule has 3 saturated carbocycles. The molecule has 4 nitrogen and oxygen atoms in total.